The van der Waals surface area contributed by atoms with Gasteiger partial charge in [0, 0.05) is 12.3 Å². The first-order valence-corrected chi connectivity index (χ1v) is 14.3. The normalized spacial score (nSPS) is 34.9. The van der Waals surface area contributed by atoms with Gasteiger partial charge in [0.25, 0.3) is 0 Å². The predicted octanol–water partition coefficient (Wildman–Crippen LogP) is 2.55. The molecule has 8 unspecified atom stereocenters. The monoisotopic (exact) mass is 566 g/mol. The van der Waals surface area contributed by atoms with Crippen LogP contribution in [0.1, 0.15) is 71.6 Å². The zero-order valence-electron chi connectivity index (χ0n) is 21.1. The summed E-state index contributed by atoms with van der Waals surface area (Å²) < 4.78 is 77.3. The minimum absolute atomic E-state index is 0.259. The van der Waals surface area contributed by atoms with E-state index in [0.29, 0.717) is 37.0 Å². The van der Waals surface area contributed by atoms with Crippen molar-refractivity contribution in [1.82, 2.24) is 0 Å². The van der Waals surface area contributed by atoms with Gasteiger partial charge in [0.15, 0.2) is 6.10 Å². The lowest BCUT2D eigenvalue weighted by Gasteiger charge is -2.42. The molecular weight excluding hydrogens is 534 g/mol. The number of ether oxygens (including phenoxy) is 4. The summed E-state index contributed by atoms with van der Waals surface area (Å²) in [6, 6.07) is 0. The van der Waals surface area contributed by atoms with Gasteiger partial charge in [-0.25, -0.2) is 9.59 Å². The third kappa shape index (κ3) is 5.25. The summed E-state index contributed by atoms with van der Waals surface area (Å²) in [6.45, 7) is 2.54. The van der Waals surface area contributed by atoms with Crippen molar-refractivity contribution in [2.24, 2.45) is 23.7 Å². The lowest BCUT2D eigenvalue weighted by molar-refractivity contribution is -0.183. The van der Waals surface area contributed by atoms with Crippen LogP contribution in [0, 0.1) is 23.7 Å². The van der Waals surface area contributed by atoms with Crippen LogP contribution >= 0.6 is 0 Å². The van der Waals surface area contributed by atoms with Gasteiger partial charge in [-0.3, -0.25) is 14.1 Å². The summed E-state index contributed by atoms with van der Waals surface area (Å²) in [7, 11) is -5.82. The van der Waals surface area contributed by atoms with Crippen LogP contribution in [0.15, 0.2) is 0 Å². The largest absolute Gasteiger partial charge is 0.456 e. The number of carbonyl (C=O) groups excluding carboxylic acids is 4. The molecule has 38 heavy (non-hydrogen) atoms. The highest BCUT2D eigenvalue weighted by Crippen LogP contribution is 2.64. The number of cyclic esters (lactones) is 1. The fraction of sp³-hybridized carbons (Fsp3) is 0.833. The summed E-state index contributed by atoms with van der Waals surface area (Å²) in [4.78, 5) is 49.0. The highest BCUT2D eigenvalue weighted by atomic mass is 32.2. The Bertz CT molecular complexity index is 1090. The molecule has 3 aliphatic carbocycles. The minimum Gasteiger partial charge on any atom is -0.456 e. The maximum Gasteiger partial charge on any atom is 0.405 e. The molecule has 0 radical (unpaired) electrons. The van der Waals surface area contributed by atoms with E-state index in [0.717, 1.165) is 19.3 Å². The van der Waals surface area contributed by atoms with Gasteiger partial charge in [0.2, 0.25) is 12.2 Å². The van der Waals surface area contributed by atoms with E-state index in [1.54, 1.807) is 0 Å². The second-order valence-corrected chi connectivity index (χ2v) is 12.2. The molecule has 0 aromatic carbocycles. The quantitative estimate of drug-likeness (QED) is 0.235. The molecule has 8 atom stereocenters. The summed E-state index contributed by atoms with van der Waals surface area (Å²) in [5.74, 6) is -1.96. The Morgan fingerprint density at radius 1 is 1.16 bits per heavy atom. The third-order valence-corrected chi connectivity index (χ3v) is 9.65. The number of esters is 4. The van der Waals surface area contributed by atoms with E-state index in [4.69, 9.17) is 18.8 Å². The van der Waals surface area contributed by atoms with Crippen LogP contribution in [0.5, 0.6) is 0 Å². The molecule has 3 saturated carbocycles. The molecular formula is C24H32F2O11S. The molecule has 0 aromatic heterocycles. The molecule has 214 valence electrons. The molecule has 1 saturated heterocycles. The molecule has 11 nitrogen and oxygen atoms in total. The highest BCUT2D eigenvalue weighted by Gasteiger charge is 2.62. The molecule has 0 aromatic rings. The van der Waals surface area contributed by atoms with E-state index in [2.05, 4.69) is 4.74 Å². The van der Waals surface area contributed by atoms with Gasteiger partial charge in [0.1, 0.15) is 5.60 Å². The Kier molecular flexibility index (Phi) is 7.78. The van der Waals surface area contributed by atoms with Crippen LogP contribution in [0.3, 0.4) is 0 Å². The third-order valence-electron chi connectivity index (χ3n) is 8.63. The van der Waals surface area contributed by atoms with Crippen LogP contribution in [-0.4, -0.2) is 66.0 Å². The van der Waals surface area contributed by atoms with Gasteiger partial charge in [-0.15, -0.1) is 0 Å². The molecule has 4 rings (SSSR count). The molecule has 2 bridgehead atoms. The van der Waals surface area contributed by atoms with E-state index < -0.39 is 76.0 Å². The fourth-order valence-corrected chi connectivity index (χ4v) is 7.29. The van der Waals surface area contributed by atoms with Gasteiger partial charge < -0.3 is 18.9 Å². The Morgan fingerprint density at radius 2 is 1.82 bits per heavy atom. The van der Waals surface area contributed by atoms with Crippen molar-refractivity contribution in [2.45, 2.75) is 101 Å². The molecule has 4 fully saturated rings. The molecule has 0 amide bonds. The van der Waals surface area contributed by atoms with Crippen molar-refractivity contribution in [3.8, 4) is 0 Å². The van der Waals surface area contributed by atoms with Crippen molar-refractivity contribution < 1.29 is 59.9 Å². The van der Waals surface area contributed by atoms with Gasteiger partial charge >= 0.3 is 39.2 Å². The maximum absolute atomic E-state index is 13.5. The standard InChI is InChI=1S/C24H32F2O11S/c1-3-23(11-13-9-16(23)15-6-4-5-14(13)15)37-22(30)18-10-17(21(29)36-18)35-20(28)8-7-19(27)34-12(2)24(25,26)38(31,32)33/h12-18H,3-11H2,1-2H3,(H,31,32,33). The highest BCUT2D eigenvalue weighted by molar-refractivity contribution is 7.86. The van der Waals surface area contributed by atoms with Crippen LogP contribution in [0.2, 0.25) is 0 Å². The number of rotatable bonds is 10. The first-order chi connectivity index (χ1) is 17.7. The van der Waals surface area contributed by atoms with E-state index in [1.165, 1.54) is 12.8 Å². The second-order valence-electron chi connectivity index (χ2n) is 10.7. The number of fused-ring (bicyclic) bond motifs is 5. The lowest BCUT2D eigenvalue weighted by atomic mass is 9.71. The van der Waals surface area contributed by atoms with Gasteiger partial charge in [-0.1, -0.05) is 13.3 Å². The van der Waals surface area contributed by atoms with E-state index >= 15 is 0 Å². The van der Waals surface area contributed by atoms with Gasteiger partial charge in [-0.05, 0) is 56.8 Å². The molecule has 1 aliphatic heterocycles. The van der Waals surface area contributed by atoms with E-state index in [1.807, 2.05) is 6.92 Å². The average molecular weight is 567 g/mol. The predicted molar refractivity (Wildman–Crippen MR) is 122 cm³/mol. The number of carbonyl (C=O) groups is 4. The Hall–Kier alpha value is -2.35. The van der Waals surface area contributed by atoms with Crippen molar-refractivity contribution in [1.29, 1.82) is 0 Å². The van der Waals surface area contributed by atoms with Gasteiger partial charge in [0.05, 0.1) is 12.8 Å². The number of alkyl halides is 2. The van der Waals surface area contributed by atoms with Gasteiger partial charge in [-0.2, -0.15) is 17.2 Å². The number of hydrogen-bond acceptors (Lipinski definition) is 10. The van der Waals surface area contributed by atoms with Crippen LogP contribution in [-0.2, 0) is 48.2 Å². The zero-order valence-corrected chi connectivity index (χ0v) is 21.9. The number of halogens is 2. The topological polar surface area (TPSA) is 160 Å². The van der Waals surface area contributed by atoms with Crippen molar-refractivity contribution in [3.05, 3.63) is 0 Å². The zero-order chi connectivity index (χ0) is 28.0. The van der Waals surface area contributed by atoms with Crippen LogP contribution < -0.4 is 0 Å². The Morgan fingerprint density at radius 3 is 2.47 bits per heavy atom. The first kappa shape index (κ1) is 28.7. The molecule has 14 heteroatoms. The SMILES string of the molecule is CCC1(OC(=O)C2CC(OC(=O)CCC(=O)OC(C)C(F)(F)S(=O)(=O)O)C(=O)O2)CC2CC1C1CCCC21. The van der Waals surface area contributed by atoms with Crippen molar-refractivity contribution in [3.63, 3.8) is 0 Å². The summed E-state index contributed by atoms with van der Waals surface area (Å²) in [5.41, 5.74) is -0.585. The molecule has 1 N–H and O–H groups in total. The average Bonchev–Trinajstić information content (AvgIpc) is 3.59. The van der Waals surface area contributed by atoms with Crippen molar-refractivity contribution in [2.75, 3.05) is 0 Å². The minimum atomic E-state index is -5.82. The Balaban J connectivity index is 1.25. The number of hydrogen-bond donors (Lipinski definition) is 1. The maximum atomic E-state index is 13.5. The second kappa shape index (κ2) is 10.3. The van der Waals surface area contributed by atoms with Crippen LogP contribution in [0.4, 0.5) is 8.78 Å². The molecule has 4 aliphatic rings. The van der Waals surface area contributed by atoms with E-state index in [9.17, 15) is 36.4 Å². The summed E-state index contributed by atoms with van der Waals surface area (Å²) in [5, 5.41) is -4.74. The van der Waals surface area contributed by atoms with Crippen LogP contribution in [0.25, 0.3) is 0 Å². The summed E-state index contributed by atoms with van der Waals surface area (Å²) in [6.07, 6.45) is -0.812. The van der Waals surface area contributed by atoms with E-state index in [-0.39, 0.29) is 6.42 Å². The fourth-order valence-electron chi connectivity index (χ4n) is 6.83. The molecule has 1 heterocycles. The Labute approximate surface area is 218 Å². The smallest absolute Gasteiger partial charge is 0.405 e. The summed E-state index contributed by atoms with van der Waals surface area (Å²) >= 11 is 0. The van der Waals surface area contributed by atoms with Crippen molar-refractivity contribution >= 4 is 34.0 Å². The first-order valence-electron chi connectivity index (χ1n) is 12.9. The molecule has 0 spiro atoms. The lowest BCUT2D eigenvalue weighted by Crippen LogP contribution is -2.46.